The molecule has 1 aromatic rings. The Balaban J connectivity index is 1.99. The number of Topliss-reactive ketones (excluding diaryl/α,β-unsaturated/α-hetero) is 1. The molecule has 142 valence electrons. The van der Waals surface area contributed by atoms with Crippen molar-refractivity contribution < 1.29 is 28.7 Å². The second kappa shape index (κ2) is 7.94. The number of ether oxygens (including phenoxy) is 1. The van der Waals surface area contributed by atoms with E-state index in [0.717, 1.165) is 0 Å². The summed E-state index contributed by atoms with van der Waals surface area (Å²) in [6, 6.07) is 4.59. The van der Waals surface area contributed by atoms with Gasteiger partial charge in [0.05, 0.1) is 43.5 Å². The zero-order chi connectivity index (χ0) is 19.6. The Morgan fingerprint density at radius 2 is 1.85 bits per heavy atom. The summed E-state index contributed by atoms with van der Waals surface area (Å²) >= 11 is 11.8. The summed E-state index contributed by atoms with van der Waals surface area (Å²) in [6.07, 6.45) is -0.608. The number of rotatable bonds is 8. The lowest BCUT2D eigenvalue weighted by Crippen LogP contribution is -2.44. The summed E-state index contributed by atoms with van der Waals surface area (Å²) in [7, 11) is 5.66. The number of halogens is 2. The van der Waals surface area contributed by atoms with Gasteiger partial charge >= 0.3 is 11.9 Å². The van der Waals surface area contributed by atoms with E-state index >= 15 is 0 Å². The quantitative estimate of drug-likeness (QED) is 0.410. The van der Waals surface area contributed by atoms with Gasteiger partial charge < -0.3 is 14.3 Å². The molecule has 0 amide bonds. The first-order valence-electron chi connectivity index (χ1n) is 8.20. The minimum Gasteiger partial charge on any atom is -0.481 e. The van der Waals surface area contributed by atoms with Crippen molar-refractivity contribution in [3.63, 3.8) is 0 Å². The molecule has 0 bridgehead atoms. The van der Waals surface area contributed by atoms with E-state index in [0.29, 0.717) is 28.0 Å². The predicted molar refractivity (Wildman–Crippen MR) is 97.4 cm³/mol. The van der Waals surface area contributed by atoms with Crippen molar-refractivity contribution in [3.05, 3.63) is 33.8 Å². The fourth-order valence-electron chi connectivity index (χ4n) is 2.81. The van der Waals surface area contributed by atoms with Crippen LogP contribution in [0.1, 0.15) is 23.2 Å². The number of ketones is 1. The molecule has 1 aliphatic rings. The predicted octanol–water partition coefficient (Wildman–Crippen LogP) is 2.90. The lowest BCUT2D eigenvalue weighted by Gasteiger charge is -2.28. The van der Waals surface area contributed by atoms with Crippen molar-refractivity contribution in [3.8, 4) is 0 Å². The standard InChI is InChI=1S/C18H21Cl2NO5/c1-21(2,3)9-11(7-16(22)23)26-18(25)13-8-12(13)17(24)10-4-5-14(19)15(20)6-10/h4-6,11-13H,7-9H2,1-3H3/p+1/t11?,12-,13-/m0/s1. The van der Waals surface area contributed by atoms with Gasteiger partial charge in [-0.1, -0.05) is 23.2 Å². The molecule has 2 rings (SSSR count). The minimum absolute atomic E-state index is 0.188. The molecule has 0 aliphatic heterocycles. The van der Waals surface area contributed by atoms with Crippen molar-refractivity contribution in [1.82, 2.24) is 0 Å². The van der Waals surface area contributed by atoms with Gasteiger partial charge in [0.1, 0.15) is 6.54 Å². The van der Waals surface area contributed by atoms with Crippen molar-refractivity contribution in [1.29, 1.82) is 0 Å². The Labute approximate surface area is 162 Å². The molecule has 1 aliphatic carbocycles. The summed E-state index contributed by atoms with van der Waals surface area (Å²) < 4.78 is 5.85. The number of carbonyl (C=O) groups is 3. The van der Waals surface area contributed by atoms with Crippen LogP contribution in [-0.4, -0.2) is 61.1 Å². The zero-order valence-electron chi connectivity index (χ0n) is 14.9. The Bertz CT molecular complexity index is 729. The molecule has 1 fully saturated rings. The number of aliphatic carboxylic acids is 1. The highest BCUT2D eigenvalue weighted by Gasteiger charge is 2.50. The number of hydrogen-bond donors (Lipinski definition) is 1. The largest absolute Gasteiger partial charge is 0.481 e. The number of hydrogen-bond acceptors (Lipinski definition) is 4. The number of quaternary nitrogens is 1. The average molecular weight is 403 g/mol. The third kappa shape index (κ3) is 5.69. The fraction of sp³-hybridized carbons (Fsp3) is 0.500. The van der Waals surface area contributed by atoms with E-state index in [-0.39, 0.29) is 17.2 Å². The van der Waals surface area contributed by atoms with Crippen LogP contribution in [0.3, 0.4) is 0 Å². The van der Waals surface area contributed by atoms with E-state index in [1.165, 1.54) is 12.1 Å². The Morgan fingerprint density at radius 3 is 2.38 bits per heavy atom. The lowest BCUT2D eigenvalue weighted by atomic mass is 10.1. The number of carboxylic acid groups (broad SMARTS) is 1. The number of carboxylic acids is 1. The van der Waals surface area contributed by atoms with Gasteiger partial charge in [-0.25, -0.2) is 0 Å². The van der Waals surface area contributed by atoms with E-state index < -0.39 is 29.9 Å². The molecule has 0 spiro atoms. The van der Waals surface area contributed by atoms with Gasteiger partial charge in [0.25, 0.3) is 0 Å². The first-order chi connectivity index (χ1) is 12.0. The van der Waals surface area contributed by atoms with Crippen LogP contribution in [0.4, 0.5) is 0 Å². The van der Waals surface area contributed by atoms with Gasteiger partial charge in [-0.05, 0) is 24.6 Å². The molecule has 1 unspecified atom stereocenters. The Hall–Kier alpha value is -1.63. The number of carbonyl (C=O) groups excluding carboxylic acids is 2. The Morgan fingerprint density at radius 1 is 1.19 bits per heavy atom. The molecule has 0 heterocycles. The molecule has 0 aromatic heterocycles. The van der Waals surface area contributed by atoms with Crippen LogP contribution in [0.2, 0.25) is 10.0 Å². The topological polar surface area (TPSA) is 80.7 Å². The SMILES string of the molecule is C[N+](C)(C)CC(CC(=O)O)OC(=O)[C@H]1C[C@@H]1C(=O)c1ccc(Cl)c(Cl)c1. The number of nitrogens with zero attached hydrogens (tertiary/aromatic N) is 1. The van der Waals surface area contributed by atoms with Gasteiger partial charge in [-0.3, -0.25) is 14.4 Å². The maximum atomic E-state index is 12.5. The summed E-state index contributed by atoms with van der Waals surface area (Å²) in [5.41, 5.74) is 0.396. The van der Waals surface area contributed by atoms with E-state index in [1.54, 1.807) is 6.07 Å². The van der Waals surface area contributed by atoms with Gasteiger partial charge in [0.2, 0.25) is 0 Å². The smallest absolute Gasteiger partial charge is 0.310 e. The first kappa shape index (κ1) is 20.7. The first-order valence-corrected chi connectivity index (χ1v) is 8.95. The molecule has 6 nitrogen and oxygen atoms in total. The number of esters is 1. The molecule has 26 heavy (non-hydrogen) atoms. The lowest BCUT2D eigenvalue weighted by molar-refractivity contribution is -0.873. The van der Waals surface area contributed by atoms with Crippen molar-refractivity contribution in [2.75, 3.05) is 27.7 Å². The van der Waals surface area contributed by atoms with Crippen molar-refractivity contribution in [2.45, 2.75) is 18.9 Å². The summed E-state index contributed by atoms with van der Waals surface area (Å²) in [6.45, 7) is 0.371. The summed E-state index contributed by atoms with van der Waals surface area (Å²) in [4.78, 5) is 35.8. The molecule has 0 radical (unpaired) electrons. The maximum Gasteiger partial charge on any atom is 0.310 e. The van der Waals surface area contributed by atoms with Gasteiger partial charge in [0.15, 0.2) is 11.9 Å². The molecule has 3 atom stereocenters. The van der Waals surface area contributed by atoms with Crippen molar-refractivity contribution >= 4 is 40.9 Å². The third-order valence-electron chi connectivity index (χ3n) is 4.07. The van der Waals surface area contributed by atoms with Crippen molar-refractivity contribution in [2.24, 2.45) is 11.8 Å². The second-order valence-corrected chi connectivity index (χ2v) is 8.39. The van der Waals surface area contributed by atoms with E-state index in [4.69, 9.17) is 33.0 Å². The number of benzene rings is 1. The maximum absolute atomic E-state index is 12.5. The second-order valence-electron chi connectivity index (χ2n) is 7.57. The van der Waals surface area contributed by atoms with Gasteiger partial charge in [-0.15, -0.1) is 0 Å². The highest BCUT2D eigenvalue weighted by atomic mass is 35.5. The normalized spacial score (nSPS) is 20.3. The van der Waals surface area contributed by atoms with Gasteiger partial charge in [0, 0.05) is 11.5 Å². The minimum atomic E-state index is -1.03. The van der Waals surface area contributed by atoms with Crippen LogP contribution in [-0.2, 0) is 14.3 Å². The van der Waals surface area contributed by atoms with Crippen LogP contribution < -0.4 is 0 Å². The van der Waals surface area contributed by atoms with Gasteiger partial charge in [-0.2, -0.15) is 0 Å². The molecule has 1 saturated carbocycles. The molecule has 0 saturated heterocycles. The van der Waals surface area contributed by atoms with Crippen LogP contribution in [0.15, 0.2) is 18.2 Å². The van der Waals surface area contributed by atoms with Crippen LogP contribution in [0, 0.1) is 11.8 Å². The van der Waals surface area contributed by atoms with Crippen LogP contribution in [0.5, 0.6) is 0 Å². The van der Waals surface area contributed by atoms with E-state index in [2.05, 4.69) is 0 Å². The average Bonchev–Trinajstić information content (AvgIpc) is 3.27. The Kier molecular flexibility index (Phi) is 6.32. The fourth-order valence-corrected chi connectivity index (χ4v) is 3.11. The van der Waals surface area contributed by atoms with Crippen LogP contribution in [0.25, 0.3) is 0 Å². The van der Waals surface area contributed by atoms with Crippen LogP contribution >= 0.6 is 23.2 Å². The molecule has 1 N–H and O–H groups in total. The summed E-state index contributed by atoms with van der Waals surface area (Å²) in [5.74, 6) is -2.75. The molecule has 1 aromatic carbocycles. The monoisotopic (exact) mass is 402 g/mol. The highest BCUT2D eigenvalue weighted by molar-refractivity contribution is 6.42. The molecule has 8 heteroatoms. The zero-order valence-corrected chi connectivity index (χ0v) is 16.4. The summed E-state index contributed by atoms with van der Waals surface area (Å²) in [5, 5.41) is 9.64. The number of likely N-dealkylation sites (N-methyl/N-ethyl adjacent to an activating group) is 1. The molecular weight excluding hydrogens is 381 g/mol. The molecular formula is C18H22Cl2NO5+. The van der Waals surface area contributed by atoms with E-state index in [1.807, 2.05) is 21.1 Å². The third-order valence-corrected chi connectivity index (χ3v) is 4.81. The highest BCUT2D eigenvalue weighted by Crippen LogP contribution is 2.42. The van der Waals surface area contributed by atoms with E-state index in [9.17, 15) is 14.4 Å².